The Kier molecular flexibility index (Phi) is 5.39. The summed E-state index contributed by atoms with van der Waals surface area (Å²) in [5.41, 5.74) is 0.464. The lowest BCUT2D eigenvalue weighted by Crippen LogP contribution is -2.26. The summed E-state index contributed by atoms with van der Waals surface area (Å²) in [4.78, 5) is -0.628. The summed E-state index contributed by atoms with van der Waals surface area (Å²) in [7, 11) is -6.73. The van der Waals surface area contributed by atoms with Crippen molar-refractivity contribution >= 4 is 31.4 Å². The van der Waals surface area contributed by atoms with Gasteiger partial charge in [0.05, 0.1) is 16.3 Å². The quantitative estimate of drug-likeness (QED) is 0.662. The molecule has 6 nitrogen and oxygen atoms in total. The molecule has 9 heteroatoms. The molecule has 0 spiro atoms. The predicted molar refractivity (Wildman–Crippen MR) is 106 cm³/mol. The standard InChI is InChI=1S/C19H17FN2O4S2/c1-22(16-9-3-2-4-10-16)28(25,26)17-11-7-8-15(14-17)21-27(23,24)19-13-6-5-12-18(19)20/h2-14,21H,1H3. The van der Waals surface area contributed by atoms with Crippen LogP contribution < -0.4 is 9.03 Å². The van der Waals surface area contributed by atoms with E-state index in [9.17, 15) is 21.2 Å². The van der Waals surface area contributed by atoms with Gasteiger partial charge in [-0.25, -0.2) is 21.2 Å². The molecule has 28 heavy (non-hydrogen) atoms. The Bertz CT molecular complexity index is 1200. The summed E-state index contributed by atoms with van der Waals surface area (Å²) < 4.78 is 67.7. The van der Waals surface area contributed by atoms with E-state index in [4.69, 9.17) is 0 Å². The summed E-state index contributed by atoms with van der Waals surface area (Å²) in [5.74, 6) is -0.900. The van der Waals surface area contributed by atoms with Crippen LogP contribution in [0.4, 0.5) is 15.8 Å². The van der Waals surface area contributed by atoms with Crippen molar-refractivity contribution < 1.29 is 21.2 Å². The van der Waals surface area contributed by atoms with E-state index in [0.29, 0.717) is 5.69 Å². The fourth-order valence-corrected chi connectivity index (χ4v) is 4.90. The fourth-order valence-electron chi connectivity index (χ4n) is 2.53. The van der Waals surface area contributed by atoms with Crippen LogP contribution >= 0.6 is 0 Å². The molecule has 3 rings (SSSR count). The van der Waals surface area contributed by atoms with Crippen LogP contribution in [-0.2, 0) is 20.0 Å². The van der Waals surface area contributed by atoms with Crippen molar-refractivity contribution in [1.29, 1.82) is 0 Å². The van der Waals surface area contributed by atoms with Gasteiger partial charge in [-0.05, 0) is 42.5 Å². The van der Waals surface area contributed by atoms with Gasteiger partial charge in [0.1, 0.15) is 10.7 Å². The van der Waals surface area contributed by atoms with Crippen LogP contribution in [0.1, 0.15) is 0 Å². The van der Waals surface area contributed by atoms with Crippen molar-refractivity contribution in [2.45, 2.75) is 9.79 Å². The molecule has 0 saturated heterocycles. The SMILES string of the molecule is CN(c1ccccc1)S(=O)(=O)c1cccc(NS(=O)(=O)c2ccccc2F)c1. The van der Waals surface area contributed by atoms with E-state index < -0.39 is 30.8 Å². The molecular formula is C19H17FN2O4S2. The highest BCUT2D eigenvalue weighted by Gasteiger charge is 2.23. The Morgan fingerprint density at radius 2 is 1.46 bits per heavy atom. The number of sulfonamides is 2. The third-order valence-electron chi connectivity index (χ3n) is 3.99. The molecule has 0 heterocycles. The number of nitrogens with one attached hydrogen (secondary N) is 1. The molecule has 0 radical (unpaired) electrons. The zero-order valence-corrected chi connectivity index (χ0v) is 16.4. The second kappa shape index (κ2) is 7.61. The van der Waals surface area contributed by atoms with Crippen molar-refractivity contribution in [2.24, 2.45) is 0 Å². The van der Waals surface area contributed by atoms with Gasteiger partial charge in [0.2, 0.25) is 0 Å². The summed E-state index contributed by atoms with van der Waals surface area (Å²) in [5, 5.41) is 0. The van der Waals surface area contributed by atoms with Crippen molar-refractivity contribution in [3.63, 3.8) is 0 Å². The largest absolute Gasteiger partial charge is 0.279 e. The van der Waals surface area contributed by atoms with Crippen LogP contribution in [0.2, 0.25) is 0 Å². The predicted octanol–water partition coefficient (Wildman–Crippen LogP) is 3.45. The van der Waals surface area contributed by atoms with Gasteiger partial charge in [-0.1, -0.05) is 36.4 Å². The number of rotatable bonds is 6. The van der Waals surface area contributed by atoms with E-state index >= 15 is 0 Å². The summed E-state index contributed by atoms with van der Waals surface area (Å²) in [6.07, 6.45) is 0. The highest BCUT2D eigenvalue weighted by molar-refractivity contribution is 7.93. The Labute approximate surface area is 163 Å². The average Bonchev–Trinajstić information content (AvgIpc) is 2.68. The molecule has 3 aromatic carbocycles. The molecule has 0 unspecified atom stereocenters. The first-order chi connectivity index (χ1) is 13.2. The Balaban J connectivity index is 1.93. The van der Waals surface area contributed by atoms with Crippen molar-refractivity contribution in [1.82, 2.24) is 0 Å². The number of halogens is 1. The molecular weight excluding hydrogens is 403 g/mol. The van der Waals surface area contributed by atoms with E-state index in [1.54, 1.807) is 30.3 Å². The normalized spacial score (nSPS) is 11.8. The van der Waals surface area contributed by atoms with Crippen LogP contribution in [0, 0.1) is 5.82 Å². The Hall–Kier alpha value is -2.91. The summed E-state index contributed by atoms with van der Waals surface area (Å²) >= 11 is 0. The number of para-hydroxylation sites is 1. The zero-order chi connectivity index (χ0) is 20.4. The second-order valence-corrected chi connectivity index (χ2v) is 9.49. The zero-order valence-electron chi connectivity index (χ0n) is 14.8. The van der Waals surface area contributed by atoms with Crippen LogP contribution in [0.15, 0.2) is 88.7 Å². The minimum atomic E-state index is -4.21. The van der Waals surface area contributed by atoms with E-state index in [1.807, 2.05) is 0 Å². The van der Waals surface area contributed by atoms with Crippen molar-refractivity contribution in [3.05, 3.63) is 84.7 Å². The van der Waals surface area contributed by atoms with Gasteiger partial charge < -0.3 is 0 Å². The third kappa shape index (κ3) is 4.00. The average molecular weight is 420 g/mol. The highest BCUT2D eigenvalue weighted by atomic mass is 32.2. The monoisotopic (exact) mass is 420 g/mol. The van der Waals surface area contributed by atoms with Gasteiger partial charge in [-0.3, -0.25) is 9.03 Å². The van der Waals surface area contributed by atoms with E-state index in [1.165, 1.54) is 43.4 Å². The maximum atomic E-state index is 13.8. The first-order valence-electron chi connectivity index (χ1n) is 8.13. The van der Waals surface area contributed by atoms with Crippen molar-refractivity contribution in [2.75, 3.05) is 16.1 Å². The van der Waals surface area contributed by atoms with E-state index in [2.05, 4.69) is 4.72 Å². The maximum Gasteiger partial charge on any atom is 0.264 e. The summed E-state index contributed by atoms with van der Waals surface area (Å²) in [6, 6.07) is 18.7. The number of anilines is 2. The maximum absolute atomic E-state index is 13.8. The minimum Gasteiger partial charge on any atom is -0.279 e. The Morgan fingerprint density at radius 1 is 0.821 bits per heavy atom. The second-order valence-electron chi connectivity index (χ2n) is 5.87. The van der Waals surface area contributed by atoms with Gasteiger partial charge in [-0.2, -0.15) is 0 Å². The van der Waals surface area contributed by atoms with Gasteiger partial charge in [0.25, 0.3) is 20.0 Å². The third-order valence-corrected chi connectivity index (χ3v) is 7.19. The van der Waals surface area contributed by atoms with Crippen molar-refractivity contribution in [3.8, 4) is 0 Å². The van der Waals surface area contributed by atoms with Gasteiger partial charge in [0.15, 0.2) is 0 Å². The van der Waals surface area contributed by atoms with Crippen LogP contribution in [0.3, 0.4) is 0 Å². The highest BCUT2D eigenvalue weighted by Crippen LogP contribution is 2.25. The molecule has 1 N–H and O–H groups in total. The molecule has 0 aliphatic rings. The van der Waals surface area contributed by atoms with E-state index in [0.717, 1.165) is 16.4 Å². The molecule has 0 aliphatic heterocycles. The first-order valence-corrected chi connectivity index (χ1v) is 11.1. The molecule has 0 bridgehead atoms. The topological polar surface area (TPSA) is 83.6 Å². The molecule has 3 aromatic rings. The van der Waals surface area contributed by atoms with Crippen LogP contribution in [-0.4, -0.2) is 23.9 Å². The van der Waals surface area contributed by atoms with Crippen LogP contribution in [0.25, 0.3) is 0 Å². The lowest BCUT2D eigenvalue weighted by atomic mass is 10.3. The fraction of sp³-hybridized carbons (Fsp3) is 0.0526. The van der Waals surface area contributed by atoms with Crippen LogP contribution in [0.5, 0.6) is 0 Å². The molecule has 0 atom stereocenters. The number of nitrogens with zero attached hydrogens (tertiary/aromatic N) is 1. The van der Waals surface area contributed by atoms with E-state index in [-0.39, 0.29) is 10.6 Å². The first kappa shape index (κ1) is 19.8. The molecule has 0 amide bonds. The molecule has 0 aliphatic carbocycles. The number of hydrogen-bond donors (Lipinski definition) is 1. The number of hydrogen-bond acceptors (Lipinski definition) is 4. The Morgan fingerprint density at radius 3 is 2.14 bits per heavy atom. The molecule has 146 valence electrons. The lowest BCUT2D eigenvalue weighted by molar-refractivity contribution is 0.570. The molecule has 0 fully saturated rings. The molecule has 0 saturated carbocycles. The lowest BCUT2D eigenvalue weighted by Gasteiger charge is -2.20. The van der Waals surface area contributed by atoms with Gasteiger partial charge >= 0.3 is 0 Å². The van der Waals surface area contributed by atoms with Gasteiger partial charge in [-0.15, -0.1) is 0 Å². The molecule has 0 aromatic heterocycles. The summed E-state index contributed by atoms with van der Waals surface area (Å²) in [6.45, 7) is 0. The number of benzene rings is 3. The smallest absolute Gasteiger partial charge is 0.264 e. The van der Waals surface area contributed by atoms with Gasteiger partial charge in [0, 0.05) is 7.05 Å². The minimum absolute atomic E-state index is 0.00536.